The van der Waals surface area contributed by atoms with Crippen molar-refractivity contribution in [3.8, 4) is 0 Å². The number of thioether (sulfide) groups is 1. The highest BCUT2D eigenvalue weighted by Gasteiger charge is 2.20. The van der Waals surface area contributed by atoms with Crippen LogP contribution >= 0.6 is 11.8 Å². The van der Waals surface area contributed by atoms with Crippen LogP contribution in [0.5, 0.6) is 0 Å². The molecule has 0 spiro atoms. The van der Waals surface area contributed by atoms with Crippen LogP contribution in [-0.2, 0) is 0 Å². The average molecular weight is 268 g/mol. The summed E-state index contributed by atoms with van der Waals surface area (Å²) in [7, 11) is 0. The molecule has 0 fully saturated rings. The van der Waals surface area contributed by atoms with E-state index in [4.69, 9.17) is 0 Å². The van der Waals surface area contributed by atoms with E-state index in [0.717, 1.165) is 36.2 Å². The minimum atomic E-state index is 0.0908. The molecule has 5 heteroatoms. The lowest BCUT2D eigenvalue weighted by Crippen LogP contribution is -2.33. The highest BCUT2D eigenvalue weighted by molar-refractivity contribution is 7.98. The number of nitrogens with one attached hydrogen (secondary N) is 2. The highest BCUT2D eigenvalue weighted by atomic mass is 32.2. The smallest absolute Gasteiger partial charge is 0.191 e. The lowest BCUT2D eigenvalue weighted by Gasteiger charge is -2.29. The number of aromatic nitrogens is 2. The Balaban J connectivity index is 2.96. The molecule has 1 aromatic heterocycles. The van der Waals surface area contributed by atoms with Crippen molar-refractivity contribution in [3.63, 3.8) is 0 Å². The molecule has 1 rings (SSSR count). The van der Waals surface area contributed by atoms with Gasteiger partial charge in [-0.15, -0.1) is 0 Å². The number of rotatable bonds is 7. The van der Waals surface area contributed by atoms with Gasteiger partial charge in [-0.05, 0) is 32.9 Å². The summed E-state index contributed by atoms with van der Waals surface area (Å²) >= 11 is 1.56. The normalized spacial score (nSPS) is 11.4. The number of nitrogens with zero attached hydrogens (tertiary/aromatic N) is 2. The summed E-state index contributed by atoms with van der Waals surface area (Å²) < 4.78 is 0. The third-order valence-corrected chi connectivity index (χ3v) is 3.78. The zero-order valence-electron chi connectivity index (χ0n) is 12.0. The highest BCUT2D eigenvalue weighted by Crippen LogP contribution is 2.23. The second kappa shape index (κ2) is 6.83. The van der Waals surface area contributed by atoms with Crippen molar-refractivity contribution in [2.75, 3.05) is 23.4 Å². The largest absolute Gasteiger partial charge is 0.370 e. The van der Waals surface area contributed by atoms with E-state index in [1.165, 1.54) is 0 Å². The van der Waals surface area contributed by atoms with E-state index in [1.807, 2.05) is 12.3 Å². The van der Waals surface area contributed by atoms with Crippen LogP contribution in [0.3, 0.4) is 0 Å². The number of anilines is 2. The summed E-state index contributed by atoms with van der Waals surface area (Å²) in [5.74, 6) is 1.78. The van der Waals surface area contributed by atoms with Crippen LogP contribution in [0.15, 0.2) is 11.2 Å². The van der Waals surface area contributed by atoms with E-state index in [2.05, 4.69) is 48.3 Å². The Labute approximate surface area is 114 Å². The molecule has 0 saturated heterocycles. The molecule has 0 unspecified atom stereocenters. The molecule has 1 heterocycles. The van der Waals surface area contributed by atoms with Crippen molar-refractivity contribution in [2.24, 2.45) is 0 Å². The van der Waals surface area contributed by atoms with Gasteiger partial charge in [-0.1, -0.05) is 25.6 Å². The Morgan fingerprint density at radius 3 is 2.28 bits per heavy atom. The zero-order valence-corrected chi connectivity index (χ0v) is 12.8. The van der Waals surface area contributed by atoms with E-state index in [9.17, 15) is 0 Å². The number of hydrogen-bond donors (Lipinski definition) is 2. The van der Waals surface area contributed by atoms with Gasteiger partial charge in [0.25, 0.3) is 0 Å². The van der Waals surface area contributed by atoms with Gasteiger partial charge in [0.05, 0.1) is 0 Å². The molecular formula is C13H24N4S. The van der Waals surface area contributed by atoms with Gasteiger partial charge in [-0.25, -0.2) is 9.97 Å². The van der Waals surface area contributed by atoms with E-state index in [1.54, 1.807) is 11.8 Å². The molecule has 4 nitrogen and oxygen atoms in total. The van der Waals surface area contributed by atoms with Gasteiger partial charge in [-0.3, -0.25) is 0 Å². The lowest BCUT2D eigenvalue weighted by molar-refractivity contribution is 0.476. The molecule has 0 atom stereocenters. The van der Waals surface area contributed by atoms with Crippen LogP contribution in [0.2, 0.25) is 0 Å². The Morgan fingerprint density at radius 1 is 1.17 bits per heavy atom. The van der Waals surface area contributed by atoms with Crippen molar-refractivity contribution in [1.29, 1.82) is 0 Å². The second-order valence-corrected chi connectivity index (χ2v) is 5.32. The predicted octanol–water partition coefficient (Wildman–Crippen LogP) is 3.62. The second-order valence-electron chi connectivity index (χ2n) is 4.55. The minimum Gasteiger partial charge on any atom is -0.370 e. The summed E-state index contributed by atoms with van der Waals surface area (Å²) in [6.07, 6.45) is 4.13. The van der Waals surface area contributed by atoms with Gasteiger partial charge in [-0.2, -0.15) is 0 Å². The predicted molar refractivity (Wildman–Crippen MR) is 80.6 cm³/mol. The van der Waals surface area contributed by atoms with Crippen molar-refractivity contribution < 1.29 is 0 Å². The van der Waals surface area contributed by atoms with Gasteiger partial charge in [0.15, 0.2) is 5.16 Å². The Morgan fingerprint density at radius 2 is 1.78 bits per heavy atom. The molecule has 0 aliphatic carbocycles. The maximum Gasteiger partial charge on any atom is 0.191 e. The lowest BCUT2D eigenvalue weighted by atomic mass is 9.96. The molecule has 0 aromatic carbocycles. The summed E-state index contributed by atoms with van der Waals surface area (Å²) in [6, 6.07) is 1.98. The summed E-state index contributed by atoms with van der Waals surface area (Å²) in [4.78, 5) is 8.94. The van der Waals surface area contributed by atoms with Gasteiger partial charge in [0, 0.05) is 18.2 Å². The summed E-state index contributed by atoms with van der Waals surface area (Å²) in [5.41, 5.74) is 0.0908. The third kappa shape index (κ3) is 4.05. The fraction of sp³-hybridized carbons (Fsp3) is 0.692. The summed E-state index contributed by atoms with van der Waals surface area (Å²) in [5, 5.41) is 7.56. The van der Waals surface area contributed by atoms with Crippen molar-refractivity contribution in [3.05, 3.63) is 6.07 Å². The van der Waals surface area contributed by atoms with Crippen LogP contribution in [-0.4, -0.2) is 28.3 Å². The Kier molecular flexibility index (Phi) is 5.72. The number of hydrogen-bond acceptors (Lipinski definition) is 5. The molecule has 2 N–H and O–H groups in total. The molecule has 18 heavy (non-hydrogen) atoms. The molecule has 102 valence electrons. The van der Waals surface area contributed by atoms with Crippen molar-refractivity contribution in [1.82, 2.24) is 9.97 Å². The molecule has 0 aliphatic heterocycles. The topological polar surface area (TPSA) is 49.8 Å². The Hall–Kier alpha value is -0.970. The molecule has 0 aliphatic rings. The SMILES string of the molecule is CCNc1cc(NC(C)(CC)CC)nc(SC)n1. The van der Waals surface area contributed by atoms with Gasteiger partial charge >= 0.3 is 0 Å². The maximum atomic E-state index is 4.52. The first-order valence-electron chi connectivity index (χ1n) is 6.52. The average Bonchev–Trinajstić information content (AvgIpc) is 2.38. The van der Waals surface area contributed by atoms with Gasteiger partial charge < -0.3 is 10.6 Å². The molecule has 1 aromatic rings. The van der Waals surface area contributed by atoms with Crippen molar-refractivity contribution >= 4 is 23.4 Å². The van der Waals surface area contributed by atoms with Crippen LogP contribution < -0.4 is 10.6 Å². The van der Waals surface area contributed by atoms with Crippen LogP contribution in [0.4, 0.5) is 11.6 Å². The molecular weight excluding hydrogens is 244 g/mol. The Bertz CT molecular complexity index is 377. The van der Waals surface area contributed by atoms with E-state index in [0.29, 0.717) is 0 Å². The van der Waals surface area contributed by atoms with Gasteiger partial charge in [0.2, 0.25) is 0 Å². The molecule has 0 radical (unpaired) electrons. The first-order valence-corrected chi connectivity index (χ1v) is 7.74. The van der Waals surface area contributed by atoms with Crippen LogP contribution in [0.1, 0.15) is 40.5 Å². The molecule has 0 bridgehead atoms. The van der Waals surface area contributed by atoms with E-state index < -0.39 is 0 Å². The molecule has 0 saturated carbocycles. The standard InChI is InChI=1S/C13H24N4S/c1-6-13(4,7-2)17-11-9-10(14-8-3)15-12(16-11)18-5/h9H,6-8H2,1-5H3,(H2,14,15,16,17). The first-order chi connectivity index (χ1) is 8.56. The third-order valence-electron chi connectivity index (χ3n) is 3.24. The first kappa shape index (κ1) is 15.1. The van der Waals surface area contributed by atoms with Gasteiger partial charge in [0.1, 0.15) is 11.6 Å². The fourth-order valence-electron chi connectivity index (χ4n) is 1.59. The van der Waals surface area contributed by atoms with E-state index >= 15 is 0 Å². The van der Waals surface area contributed by atoms with Crippen molar-refractivity contribution in [2.45, 2.75) is 51.2 Å². The molecule has 0 amide bonds. The monoisotopic (exact) mass is 268 g/mol. The van der Waals surface area contributed by atoms with E-state index in [-0.39, 0.29) is 5.54 Å². The maximum absolute atomic E-state index is 4.52. The quantitative estimate of drug-likeness (QED) is 0.584. The van der Waals surface area contributed by atoms with Crippen LogP contribution in [0, 0.1) is 0 Å². The zero-order chi connectivity index (χ0) is 13.6. The van der Waals surface area contributed by atoms with Crippen LogP contribution in [0.25, 0.3) is 0 Å². The minimum absolute atomic E-state index is 0.0908. The fourth-order valence-corrected chi connectivity index (χ4v) is 1.97. The summed E-state index contributed by atoms with van der Waals surface area (Å²) in [6.45, 7) is 9.54.